The number of rotatable bonds is 9. The molecule has 4 aromatic rings. The van der Waals surface area contributed by atoms with Gasteiger partial charge in [0, 0.05) is 37.3 Å². The zero-order chi connectivity index (χ0) is 28.8. The number of carbonyl (C=O) groups excluding carboxylic acids is 1. The van der Waals surface area contributed by atoms with Crippen molar-refractivity contribution in [2.45, 2.75) is 40.3 Å². The molecule has 0 radical (unpaired) electrons. The van der Waals surface area contributed by atoms with Crippen LogP contribution in [-0.4, -0.2) is 48.5 Å². The zero-order valence-corrected chi connectivity index (χ0v) is 24.6. The maximum atomic E-state index is 13.7. The minimum atomic E-state index is 0.0486. The smallest absolute Gasteiger partial charge is 0.253 e. The highest BCUT2D eigenvalue weighted by atomic mass is 16.5. The van der Waals surface area contributed by atoms with E-state index in [9.17, 15) is 4.79 Å². The first-order valence-corrected chi connectivity index (χ1v) is 14.5. The van der Waals surface area contributed by atoms with E-state index in [-0.39, 0.29) is 11.9 Å². The van der Waals surface area contributed by atoms with E-state index in [4.69, 9.17) is 9.47 Å². The highest BCUT2D eigenvalue weighted by Gasteiger charge is 2.29. The van der Waals surface area contributed by atoms with Crippen molar-refractivity contribution in [2.75, 3.05) is 32.8 Å². The van der Waals surface area contributed by atoms with Crippen LogP contribution >= 0.6 is 0 Å². The normalized spacial score (nSPS) is 13.8. The SMILES string of the molecule is CCOc1ccc(C(=O)N2CCN(C(c3ccccc3)c3ccccc3)CC2)cc1COc1cc(C)cc(C)c1C. The number of benzene rings is 4. The molecule has 0 atom stereocenters. The fourth-order valence-corrected chi connectivity index (χ4v) is 5.68. The number of nitrogens with zero attached hydrogens (tertiary/aromatic N) is 2. The molecule has 1 saturated heterocycles. The summed E-state index contributed by atoms with van der Waals surface area (Å²) < 4.78 is 12.2. The van der Waals surface area contributed by atoms with Crippen molar-refractivity contribution in [1.82, 2.24) is 9.80 Å². The maximum absolute atomic E-state index is 13.7. The fourth-order valence-electron chi connectivity index (χ4n) is 5.68. The van der Waals surface area contributed by atoms with E-state index in [1.807, 2.05) is 30.0 Å². The van der Waals surface area contributed by atoms with Crippen LogP contribution in [0.5, 0.6) is 11.5 Å². The standard InChI is InChI=1S/C36H40N2O3/c1-5-40-33-17-16-31(24-32(33)25-41-34-23-26(2)22-27(3)28(34)4)36(39)38-20-18-37(19-21-38)35(29-12-8-6-9-13-29)30-14-10-7-11-15-30/h6-17,22-24,35H,5,18-21,25H2,1-4H3. The van der Waals surface area contributed by atoms with Gasteiger partial charge in [0.15, 0.2) is 0 Å². The van der Waals surface area contributed by atoms with Crippen molar-refractivity contribution in [3.05, 3.63) is 130 Å². The summed E-state index contributed by atoms with van der Waals surface area (Å²) in [7, 11) is 0. The number of piperazine rings is 1. The lowest BCUT2D eigenvalue weighted by atomic mass is 9.96. The first-order chi connectivity index (χ1) is 19.9. The number of carbonyl (C=O) groups is 1. The molecule has 0 unspecified atom stereocenters. The van der Waals surface area contributed by atoms with Gasteiger partial charge in [-0.15, -0.1) is 0 Å². The summed E-state index contributed by atoms with van der Waals surface area (Å²) in [5.41, 5.74) is 7.58. The molecule has 1 heterocycles. The molecule has 1 aliphatic heterocycles. The highest BCUT2D eigenvalue weighted by molar-refractivity contribution is 5.94. The third kappa shape index (κ3) is 6.63. The molecular weight excluding hydrogens is 508 g/mol. The van der Waals surface area contributed by atoms with Crippen LogP contribution in [0.4, 0.5) is 0 Å². The van der Waals surface area contributed by atoms with Gasteiger partial charge in [0.2, 0.25) is 0 Å². The Labute approximate surface area is 244 Å². The number of hydrogen-bond donors (Lipinski definition) is 0. The summed E-state index contributed by atoms with van der Waals surface area (Å²) in [5.74, 6) is 1.67. The predicted octanol–water partition coefficient (Wildman–Crippen LogP) is 7.14. The van der Waals surface area contributed by atoms with Crippen molar-refractivity contribution in [3.63, 3.8) is 0 Å². The summed E-state index contributed by atoms with van der Waals surface area (Å²) in [4.78, 5) is 18.1. The van der Waals surface area contributed by atoms with Gasteiger partial charge in [-0.25, -0.2) is 0 Å². The van der Waals surface area contributed by atoms with Crippen molar-refractivity contribution < 1.29 is 14.3 Å². The minimum Gasteiger partial charge on any atom is -0.493 e. The topological polar surface area (TPSA) is 42.0 Å². The quantitative estimate of drug-likeness (QED) is 0.223. The van der Waals surface area contributed by atoms with Crippen molar-refractivity contribution in [3.8, 4) is 11.5 Å². The molecule has 0 bridgehead atoms. The van der Waals surface area contributed by atoms with Crippen LogP contribution in [0.2, 0.25) is 0 Å². The van der Waals surface area contributed by atoms with Gasteiger partial charge >= 0.3 is 0 Å². The Bertz CT molecular complexity index is 1420. The van der Waals surface area contributed by atoms with Crippen LogP contribution in [0.3, 0.4) is 0 Å². The van der Waals surface area contributed by atoms with Crippen molar-refractivity contribution in [1.29, 1.82) is 0 Å². The summed E-state index contributed by atoms with van der Waals surface area (Å²) >= 11 is 0. The molecule has 5 heteroatoms. The lowest BCUT2D eigenvalue weighted by Gasteiger charge is -2.40. The maximum Gasteiger partial charge on any atom is 0.253 e. The molecule has 0 spiro atoms. The van der Waals surface area contributed by atoms with Gasteiger partial charge < -0.3 is 14.4 Å². The van der Waals surface area contributed by atoms with Crippen LogP contribution in [0.25, 0.3) is 0 Å². The summed E-state index contributed by atoms with van der Waals surface area (Å²) in [6, 6.07) is 31.4. The van der Waals surface area contributed by atoms with E-state index in [0.717, 1.165) is 41.3 Å². The third-order valence-electron chi connectivity index (χ3n) is 7.95. The predicted molar refractivity (Wildman–Crippen MR) is 165 cm³/mol. The number of amides is 1. The Morgan fingerprint density at radius 1 is 0.756 bits per heavy atom. The first-order valence-electron chi connectivity index (χ1n) is 14.5. The van der Waals surface area contributed by atoms with E-state index in [1.54, 1.807) is 0 Å². The number of hydrogen-bond acceptors (Lipinski definition) is 4. The second kappa shape index (κ2) is 13.0. The minimum absolute atomic E-state index is 0.0486. The van der Waals surface area contributed by atoms with Gasteiger partial charge in [-0.2, -0.15) is 0 Å². The zero-order valence-electron chi connectivity index (χ0n) is 24.6. The Kier molecular flexibility index (Phi) is 9.05. The van der Waals surface area contributed by atoms with Gasteiger partial charge in [-0.1, -0.05) is 66.7 Å². The van der Waals surface area contributed by atoms with Gasteiger partial charge in [0.25, 0.3) is 5.91 Å². The van der Waals surface area contributed by atoms with Crippen molar-refractivity contribution in [2.24, 2.45) is 0 Å². The van der Waals surface area contributed by atoms with Gasteiger partial charge in [-0.3, -0.25) is 9.69 Å². The number of aryl methyl sites for hydroxylation is 2. The molecule has 1 aliphatic rings. The fraction of sp³-hybridized carbons (Fsp3) is 0.306. The van der Waals surface area contributed by atoms with Crippen LogP contribution in [-0.2, 0) is 6.61 Å². The lowest BCUT2D eigenvalue weighted by molar-refractivity contribution is 0.0597. The molecule has 5 nitrogen and oxygen atoms in total. The summed E-state index contributed by atoms with van der Waals surface area (Å²) in [6.07, 6.45) is 0. The molecule has 0 aliphatic carbocycles. The van der Waals surface area contributed by atoms with Gasteiger partial charge in [0.05, 0.1) is 12.6 Å². The average molecular weight is 549 g/mol. The molecule has 212 valence electrons. The molecule has 5 rings (SSSR count). The van der Waals surface area contributed by atoms with Crippen LogP contribution in [0.15, 0.2) is 91.0 Å². The molecule has 4 aromatic carbocycles. The van der Waals surface area contributed by atoms with Crippen LogP contribution < -0.4 is 9.47 Å². The highest BCUT2D eigenvalue weighted by Crippen LogP contribution is 2.31. The number of ether oxygens (including phenoxy) is 2. The van der Waals surface area contributed by atoms with E-state index in [1.165, 1.54) is 16.7 Å². The first kappa shape index (κ1) is 28.4. The monoisotopic (exact) mass is 548 g/mol. The molecule has 1 fully saturated rings. The second-order valence-corrected chi connectivity index (χ2v) is 10.8. The van der Waals surface area contributed by atoms with E-state index >= 15 is 0 Å². The summed E-state index contributed by atoms with van der Waals surface area (Å²) in [6.45, 7) is 12.1. The lowest BCUT2D eigenvalue weighted by Crippen LogP contribution is -2.49. The molecule has 0 N–H and O–H groups in total. The van der Waals surface area contributed by atoms with Crippen LogP contribution in [0.1, 0.15) is 56.7 Å². The third-order valence-corrected chi connectivity index (χ3v) is 7.95. The van der Waals surface area contributed by atoms with E-state index in [2.05, 4.69) is 98.5 Å². The van der Waals surface area contributed by atoms with Gasteiger partial charge in [-0.05, 0) is 79.8 Å². The molecular formula is C36H40N2O3. The Morgan fingerprint density at radius 3 is 2.00 bits per heavy atom. The molecule has 41 heavy (non-hydrogen) atoms. The Morgan fingerprint density at radius 2 is 1.39 bits per heavy atom. The Balaban J connectivity index is 1.30. The van der Waals surface area contributed by atoms with Gasteiger partial charge in [0.1, 0.15) is 18.1 Å². The van der Waals surface area contributed by atoms with E-state index in [0.29, 0.717) is 31.9 Å². The molecule has 1 amide bonds. The van der Waals surface area contributed by atoms with E-state index < -0.39 is 0 Å². The Hall–Kier alpha value is -4.09. The van der Waals surface area contributed by atoms with Crippen molar-refractivity contribution >= 4 is 5.91 Å². The molecule has 0 aromatic heterocycles. The largest absolute Gasteiger partial charge is 0.493 e. The van der Waals surface area contributed by atoms with Crippen LogP contribution in [0, 0.1) is 20.8 Å². The second-order valence-electron chi connectivity index (χ2n) is 10.8. The average Bonchev–Trinajstić information content (AvgIpc) is 3.00. The molecule has 0 saturated carbocycles. The summed E-state index contributed by atoms with van der Waals surface area (Å²) in [5, 5.41) is 0.